The molecule has 0 amide bonds. The van der Waals surface area contributed by atoms with Crippen LogP contribution in [-0.4, -0.2) is 18.3 Å². The van der Waals surface area contributed by atoms with Crippen molar-refractivity contribution in [2.45, 2.75) is 0 Å². The number of nitriles is 1. The van der Waals surface area contributed by atoms with Crippen molar-refractivity contribution < 1.29 is 9.84 Å². The molecule has 0 bridgehead atoms. The van der Waals surface area contributed by atoms with Gasteiger partial charge in [-0.05, 0) is 5.92 Å². The Hall–Kier alpha value is -1.19. The first-order valence-corrected chi connectivity index (χ1v) is 1.99. The number of hydrogen-bond donors (Lipinski definition) is 1. The smallest absolute Gasteiger partial charge is 0.186 e. The molecule has 0 aromatic carbocycles. The Balaban J connectivity index is 3.06. The summed E-state index contributed by atoms with van der Waals surface area (Å²) in [5, 5.41) is 15.9. The Labute approximate surface area is 47.5 Å². The van der Waals surface area contributed by atoms with Gasteiger partial charge in [-0.3, -0.25) is 0 Å². The fraction of sp³-hybridized carbons (Fsp3) is 0.400. The summed E-state index contributed by atoms with van der Waals surface area (Å²) < 4.78 is 4.34. The number of ether oxygens (including phenoxy) is 1. The van der Waals surface area contributed by atoms with E-state index < -0.39 is 0 Å². The first-order valence-electron chi connectivity index (χ1n) is 1.99. The normalized spacial score (nSPS) is 6.00. The molecule has 0 aliphatic rings. The minimum atomic E-state index is -0.231. The van der Waals surface area contributed by atoms with Crippen molar-refractivity contribution in [3.05, 3.63) is 0 Å². The van der Waals surface area contributed by atoms with E-state index in [1.54, 1.807) is 6.07 Å². The van der Waals surface area contributed by atoms with Crippen LogP contribution >= 0.6 is 0 Å². The van der Waals surface area contributed by atoms with Crippen LogP contribution < -0.4 is 0 Å². The zero-order valence-electron chi connectivity index (χ0n) is 4.22. The van der Waals surface area contributed by atoms with Crippen LogP contribution in [0.25, 0.3) is 0 Å². The second-order valence-corrected chi connectivity index (χ2v) is 0.884. The number of nitrogens with zero attached hydrogens (tertiary/aromatic N) is 1. The van der Waals surface area contributed by atoms with Crippen molar-refractivity contribution in [2.75, 3.05) is 13.2 Å². The Kier molecular flexibility index (Phi) is 4.95. The number of hydrogen-bond acceptors (Lipinski definition) is 3. The maximum Gasteiger partial charge on any atom is 0.186 e. The molecule has 0 saturated carbocycles. The van der Waals surface area contributed by atoms with Crippen LogP contribution in [0.4, 0.5) is 0 Å². The minimum absolute atomic E-state index is 0.0486. The first kappa shape index (κ1) is 6.81. The lowest BCUT2D eigenvalue weighted by atomic mass is 10.7. The van der Waals surface area contributed by atoms with Crippen LogP contribution in [0.1, 0.15) is 0 Å². The van der Waals surface area contributed by atoms with Crippen LogP contribution in [0.3, 0.4) is 0 Å². The Morgan fingerprint density at radius 2 is 2.38 bits per heavy atom. The highest BCUT2D eigenvalue weighted by molar-refractivity contribution is 4.91. The maximum absolute atomic E-state index is 8.03. The van der Waals surface area contributed by atoms with E-state index in [0.29, 0.717) is 0 Å². The summed E-state index contributed by atoms with van der Waals surface area (Å²) in [7, 11) is 0. The first-order chi connectivity index (χ1) is 3.91. The van der Waals surface area contributed by atoms with Crippen molar-refractivity contribution in [1.29, 1.82) is 5.26 Å². The van der Waals surface area contributed by atoms with Crippen molar-refractivity contribution in [3.63, 3.8) is 0 Å². The highest BCUT2D eigenvalue weighted by Gasteiger charge is 1.69. The Morgan fingerprint density at radius 3 is 2.88 bits per heavy atom. The third-order valence-corrected chi connectivity index (χ3v) is 0.360. The largest absolute Gasteiger partial charge is 0.431 e. The van der Waals surface area contributed by atoms with E-state index in [-0.39, 0.29) is 13.2 Å². The molecule has 0 aromatic heterocycles. The summed E-state index contributed by atoms with van der Waals surface area (Å²) in [6.07, 6.45) is 2.11. The SMILES string of the molecule is N#CCOC#CCO. The molecule has 0 radical (unpaired) electrons. The molecule has 0 unspecified atom stereocenters. The van der Waals surface area contributed by atoms with E-state index in [1.807, 2.05) is 0 Å². The lowest BCUT2D eigenvalue weighted by Gasteiger charge is -1.79. The average molecular weight is 111 g/mol. The van der Waals surface area contributed by atoms with Gasteiger partial charge in [0.05, 0.1) is 0 Å². The van der Waals surface area contributed by atoms with Gasteiger partial charge in [0.1, 0.15) is 18.8 Å². The van der Waals surface area contributed by atoms with Gasteiger partial charge in [-0.15, -0.1) is 0 Å². The lowest BCUT2D eigenvalue weighted by molar-refractivity contribution is 0.318. The highest BCUT2D eigenvalue weighted by atomic mass is 16.5. The van der Waals surface area contributed by atoms with E-state index in [1.165, 1.54) is 0 Å². The van der Waals surface area contributed by atoms with Gasteiger partial charge in [0.15, 0.2) is 6.61 Å². The third kappa shape index (κ3) is 4.81. The quantitative estimate of drug-likeness (QED) is 0.366. The molecule has 3 nitrogen and oxygen atoms in total. The molecular weight excluding hydrogens is 106 g/mol. The molecule has 0 aromatic rings. The molecule has 0 atom stereocenters. The fourth-order valence-corrected chi connectivity index (χ4v) is 0.152. The Bertz CT molecular complexity index is 137. The van der Waals surface area contributed by atoms with Gasteiger partial charge in [-0.25, -0.2) is 0 Å². The van der Waals surface area contributed by atoms with Crippen molar-refractivity contribution in [2.24, 2.45) is 0 Å². The second-order valence-electron chi connectivity index (χ2n) is 0.884. The summed E-state index contributed by atoms with van der Waals surface area (Å²) in [6.45, 7) is -0.279. The van der Waals surface area contributed by atoms with E-state index in [0.717, 1.165) is 0 Å². The molecule has 0 aliphatic carbocycles. The number of aliphatic hydroxyl groups is 1. The van der Waals surface area contributed by atoms with E-state index in [9.17, 15) is 0 Å². The predicted molar refractivity (Wildman–Crippen MR) is 26.4 cm³/mol. The molecular formula is C5H5NO2. The average Bonchev–Trinajstić information content (AvgIpc) is 1.81. The Morgan fingerprint density at radius 1 is 1.62 bits per heavy atom. The molecule has 0 fully saturated rings. The zero-order chi connectivity index (χ0) is 6.24. The molecule has 1 N–H and O–H groups in total. The van der Waals surface area contributed by atoms with Crippen LogP contribution in [0, 0.1) is 23.4 Å². The number of rotatable bonds is 1. The molecule has 0 spiro atoms. The molecule has 0 saturated heterocycles. The van der Waals surface area contributed by atoms with E-state index in [4.69, 9.17) is 10.4 Å². The van der Waals surface area contributed by atoms with Crippen molar-refractivity contribution >= 4 is 0 Å². The number of aliphatic hydroxyl groups excluding tert-OH is 1. The fourth-order valence-electron chi connectivity index (χ4n) is 0.152. The van der Waals surface area contributed by atoms with E-state index in [2.05, 4.69) is 16.8 Å². The highest BCUT2D eigenvalue weighted by Crippen LogP contribution is 1.63. The standard InChI is InChI=1S/C5H5NO2/c6-2-5-8-4-1-3-7/h7H,3,5H2. The molecule has 8 heavy (non-hydrogen) atoms. The topological polar surface area (TPSA) is 53.2 Å². The van der Waals surface area contributed by atoms with Crippen LogP contribution in [0.2, 0.25) is 0 Å². The van der Waals surface area contributed by atoms with Crippen molar-refractivity contribution in [1.82, 2.24) is 0 Å². The van der Waals surface area contributed by atoms with Crippen molar-refractivity contribution in [3.8, 4) is 18.1 Å². The maximum atomic E-state index is 8.03. The molecule has 0 heterocycles. The molecule has 42 valence electrons. The predicted octanol–water partition coefficient (Wildman–Crippen LogP) is -0.520. The monoisotopic (exact) mass is 111 g/mol. The summed E-state index contributed by atoms with van der Waals surface area (Å²) in [6, 6.07) is 1.72. The zero-order valence-corrected chi connectivity index (χ0v) is 4.22. The van der Waals surface area contributed by atoms with Gasteiger partial charge in [-0.1, -0.05) is 0 Å². The van der Waals surface area contributed by atoms with Gasteiger partial charge in [0, 0.05) is 0 Å². The van der Waals surface area contributed by atoms with Crippen LogP contribution in [0.15, 0.2) is 0 Å². The molecule has 0 aliphatic heterocycles. The van der Waals surface area contributed by atoms with E-state index >= 15 is 0 Å². The summed E-state index contributed by atoms with van der Waals surface area (Å²) >= 11 is 0. The van der Waals surface area contributed by atoms with Crippen LogP contribution in [0.5, 0.6) is 0 Å². The summed E-state index contributed by atoms with van der Waals surface area (Å²) in [4.78, 5) is 0. The third-order valence-electron chi connectivity index (χ3n) is 0.360. The van der Waals surface area contributed by atoms with Gasteiger partial charge < -0.3 is 9.84 Å². The van der Waals surface area contributed by atoms with Gasteiger partial charge in [0.2, 0.25) is 0 Å². The molecule has 0 rings (SSSR count). The van der Waals surface area contributed by atoms with Gasteiger partial charge >= 0.3 is 0 Å². The van der Waals surface area contributed by atoms with Gasteiger partial charge in [0.25, 0.3) is 0 Å². The van der Waals surface area contributed by atoms with Gasteiger partial charge in [-0.2, -0.15) is 5.26 Å². The lowest BCUT2D eigenvalue weighted by Crippen LogP contribution is -1.81. The summed E-state index contributed by atoms with van der Waals surface area (Å²) in [5.41, 5.74) is 0. The second kappa shape index (κ2) is 5.81. The minimum Gasteiger partial charge on any atom is -0.431 e. The van der Waals surface area contributed by atoms with Crippen LogP contribution in [-0.2, 0) is 4.74 Å². The molecule has 3 heteroatoms. The summed E-state index contributed by atoms with van der Waals surface area (Å²) in [5.74, 6) is 2.22.